The summed E-state index contributed by atoms with van der Waals surface area (Å²) in [6, 6.07) is 14.5. The van der Waals surface area contributed by atoms with Crippen LogP contribution in [-0.4, -0.2) is 18.1 Å². The summed E-state index contributed by atoms with van der Waals surface area (Å²) in [7, 11) is 0. The van der Waals surface area contributed by atoms with Crippen molar-refractivity contribution in [1.82, 2.24) is 10.3 Å². The van der Waals surface area contributed by atoms with Crippen molar-refractivity contribution < 1.29 is 4.74 Å². The second kappa shape index (κ2) is 7.65. The Kier molecular flexibility index (Phi) is 5.56. The Morgan fingerprint density at radius 3 is 2.70 bits per heavy atom. The highest BCUT2D eigenvalue weighted by atomic mass is 16.5. The van der Waals surface area contributed by atoms with E-state index in [9.17, 15) is 0 Å². The maximum absolute atomic E-state index is 5.67. The van der Waals surface area contributed by atoms with Gasteiger partial charge in [0.15, 0.2) is 0 Å². The van der Waals surface area contributed by atoms with E-state index < -0.39 is 0 Å². The molecule has 2 rings (SSSR count). The van der Waals surface area contributed by atoms with Gasteiger partial charge in [0.2, 0.25) is 0 Å². The normalized spacial score (nSPS) is 12.1. The minimum absolute atomic E-state index is 0.265. The molecule has 1 N–H and O–H groups in total. The fourth-order valence-electron chi connectivity index (χ4n) is 2.20. The lowest BCUT2D eigenvalue weighted by atomic mass is 10.1. The first kappa shape index (κ1) is 14.5. The highest BCUT2D eigenvalue weighted by molar-refractivity contribution is 5.35. The molecule has 3 nitrogen and oxygen atoms in total. The van der Waals surface area contributed by atoms with E-state index in [0.717, 1.165) is 24.4 Å². The lowest BCUT2D eigenvalue weighted by Gasteiger charge is -2.17. The maximum atomic E-state index is 5.67. The molecule has 1 aromatic heterocycles. The Morgan fingerprint density at radius 2 is 1.95 bits per heavy atom. The summed E-state index contributed by atoms with van der Waals surface area (Å²) >= 11 is 0. The minimum atomic E-state index is 0.265. The van der Waals surface area contributed by atoms with Gasteiger partial charge in [-0.1, -0.05) is 24.3 Å². The average Bonchev–Trinajstić information content (AvgIpc) is 2.49. The van der Waals surface area contributed by atoms with Gasteiger partial charge in [-0.15, -0.1) is 0 Å². The van der Waals surface area contributed by atoms with E-state index in [-0.39, 0.29) is 6.04 Å². The van der Waals surface area contributed by atoms with Crippen LogP contribution in [0.4, 0.5) is 0 Å². The van der Waals surface area contributed by atoms with Crippen LogP contribution in [0.2, 0.25) is 0 Å². The first-order valence-corrected chi connectivity index (χ1v) is 7.16. The third kappa shape index (κ3) is 4.07. The first-order chi connectivity index (χ1) is 9.81. The Balaban J connectivity index is 1.90. The number of nitrogens with zero attached hydrogens (tertiary/aromatic N) is 1. The summed E-state index contributed by atoms with van der Waals surface area (Å²) in [5.74, 6) is 0.966. The van der Waals surface area contributed by atoms with Crippen molar-refractivity contribution in [2.45, 2.75) is 26.3 Å². The zero-order chi connectivity index (χ0) is 14.2. The lowest BCUT2D eigenvalue weighted by Crippen LogP contribution is -2.22. The molecule has 1 unspecified atom stereocenters. The number of hydrogen-bond acceptors (Lipinski definition) is 3. The van der Waals surface area contributed by atoms with Gasteiger partial charge in [-0.05, 0) is 32.0 Å². The van der Waals surface area contributed by atoms with Crippen molar-refractivity contribution in [2.24, 2.45) is 0 Å². The average molecular weight is 270 g/mol. The van der Waals surface area contributed by atoms with Crippen LogP contribution >= 0.6 is 0 Å². The summed E-state index contributed by atoms with van der Waals surface area (Å²) in [5.41, 5.74) is 2.32. The summed E-state index contributed by atoms with van der Waals surface area (Å²) in [6.07, 6.45) is 2.77. The molecule has 0 spiro atoms. The van der Waals surface area contributed by atoms with Gasteiger partial charge < -0.3 is 10.1 Å². The van der Waals surface area contributed by atoms with Crippen LogP contribution in [0.3, 0.4) is 0 Å². The fraction of sp³-hybridized carbons (Fsp3) is 0.353. The number of benzene rings is 1. The summed E-state index contributed by atoms with van der Waals surface area (Å²) in [4.78, 5) is 4.33. The van der Waals surface area contributed by atoms with Crippen molar-refractivity contribution in [1.29, 1.82) is 0 Å². The van der Waals surface area contributed by atoms with E-state index in [2.05, 4.69) is 35.4 Å². The lowest BCUT2D eigenvalue weighted by molar-refractivity contribution is 0.332. The maximum Gasteiger partial charge on any atom is 0.124 e. The Morgan fingerprint density at radius 1 is 1.15 bits per heavy atom. The molecule has 20 heavy (non-hydrogen) atoms. The number of ether oxygens (including phenoxy) is 1. The summed E-state index contributed by atoms with van der Waals surface area (Å²) < 4.78 is 5.67. The molecule has 0 saturated carbocycles. The van der Waals surface area contributed by atoms with Gasteiger partial charge in [0.1, 0.15) is 5.75 Å². The monoisotopic (exact) mass is 270 g/mol. The first-order valence-electron chi connectivity index (χ1n) is 7.16. The van der Waals surface area contributed by atoms with Crippen molar-refractivity contribution in [3.8, 4) is 5.75 Å². The number of hydrogen-bond donors (Lipinski definition) is 1. The van der Waals surface area contributed by atoms with Gasteiger partial charge >= 0.3 is 0 Å². The van der Waals surface area contributed by atoms with E-state index in [1.54, 1.807) is 0 Å². The second-order valence-corrected chi connectivity index (χ2v) is 4.72. The van der Waals surface area contributed by atoms with E-state index in [1.165, 1.54) is 5.56 Å². The molecule has 0 aliphatic carbocycles. The standard InChI is InChI=1S/C17H22N2O/c1-3-20-17-10-5-4-9-16(17)14(2)18-13-11-15-8-6-7-12-19-15/h4-10,12,14,18H,3,11,13H2,1-2H3. The molecule has 0 fully saturated rings. The topological polar surface area (TPSA) is 34.1 Å². The molecule has 1 heterocycles. The van der Waals surface area contributed by atoms with Gasteiger partial charge in [-0.3, -0.25) is 4.98 Å². The molecular weight excluding hydrogens is 248 g/mol. The van der Waals surface area contributed by atoms with Crippen LogP contribution in [0.1, 0.15) is 31.1 Å². The van der Waals surface area contributed by atoms with Gasteiger partial charge in [0.25, 0.3) is 0 Å². The third-order valence-electron chi connectivity index (χ3n) is 3.24. The van der Waals surface area contributed by atoms with Crippen LogP contribution in [0.5, 0.6) is 5.75 Å². The molecule has 0 aliphatic heterocycles. The number of nitrogens with one attached hydrogen (secondary N) is 1. The molecular formula is C17H22N2O. The quantitative estimate of drug-likeness (QED) is 0.837. The van der Waals surface area contributed by atoms with Crippen molar-refractivity contribution in [3.63, 3.8) is 0 Å². The van der Waals surface area contributed by atoms with Crippen LogP contribution in [-0.2, 0) is 6.42 Å². The number of pyridine rings is 1. The molecule has 0 radical (unpaired) electrons. The molecule has 1 atom stereocenters. The smallest absolute Gasteiger partial charge is 0.124 e. The van der Waals surface area contributed by atoms with Crippen molar-refractivity contribution >= 4 is 0 Å². The third-order valence-corrected chi connectivity index (χ3v) is 3.24. The van der Waals surface area contributed by atoms with Gasteiger partial charge in [0.05, 0.1) is 6.61 Å². The van der Waals surface area contributed by atoms with Crippen LogP contribution < -0.4 is 10.1 Å². The minimum Gasteiger partial charge on any atom is -0.494 e. The predicted octanol–water partition coefficient (Wildman–Crippen LogP) is 3.37. The highest BCUT2D eigenvalue weighted by Gasteiger charge is 2.10. The van der Waals surface area contributed by atoms with Gasteiger partial charge in [0, 0.05) is 36.5 Å². The molecule has 3 heteroatoms. The molecule has 2 aromatic rings. The molecule has 106 valence electrons. The zero-order valence-corrected chi connectivity index (χ0v) is 12.2. The summed E-state index contributed by atoms with van der Waals surface area (Å²) in [6.45, 7) is 5.77. The second-order valence-electron chi connectivity index (χ2n) is 4.72. The highest BCUT2D eigenvalue weighted by Crippen LogP contribution is 2.24. The zero-order valence-electron chi connectivity index (χ0n) is 12.2. The van der Waals surface area contributed by atoms with E-state index in [0.29, 0.717) is 6.61 Å². The van der Waals surface area contributed by atoms with Gasteiger partial charge in [-0.25, -0.2) is 0 Å². The van der Waals surface area contributed by atoms with Crippen LogP contribution in [0.25, 0.3) is 0 Å². The SMILES string of the molecule is CCOc1ccccc1C(C)NCCc1ccccn1. The number of rotatable bonds is 7. The van der Waals surface area contributed by atoms with Crippen molar-refractivity contribution in [3.05, 3.63) is 59.9 Å². The molecule has 0 saturated heterocycles. The molecule has 0 aliphatic rings. The fourth-order valence-corrected chi connectivity index (χ4v) is 2.20. The largest absolute Gasteiger partial charge is 0.494 e. The Labute approximate surface area is 121 Å². The van der Waals surface area contributed by atoms with Crippen LogP contribution in [0.15, 0.2) is 48.7 Å². The van der Waals surface area contributed by atoms with E-state index in [4.69, 9.17) is 4.74 Å². The number of aromatic nitrogens is 1. The van der Waals surface area contributed by atoms with Crippen molar-refractivity contribution in [2.75, 3.05) is 13.2 Å². The molecule has 0 bridgehead atoms. The molecule has 1 aromatic carbocycles. The Hall–Kier alpha value is -1.87. The summed E-state index contributed by atoms with van der Waals surface area (Å²) in [5, 5.41) is 3.53. The predicted molar refractivity (Wildman–Crippen MR) is 82.0 cm³/mol. The van der Waals surface area contributed by atoms with Crippen LogP contribution in [0, 0.1) is 0 Å². The molecule has 0 amide bonds. The van der Waals surface area contributed by atoms with E-state index >= 15 is 0 Å². The van der Waals surface area contributed by atoms with E-state index in [1.807, 2.05) is 37.4 Å². The Bertz CT molecular complexity index is 513. The number of para-hydroxylation sites is 1. The van der Waals surface area contributed by atoms with Gasteiger partial charge in [-0.2, -0.15) is 0 Å².